The minimum Gasteiger partial charge on any atom is -0.496 e. The highest BCUT2D eigenvalue weighted by molar-refractivity contribution is 7.90. The number of ether oxygens (including phenoxy) is 1. The van der Waals surface area contributed by atoms with Gasteiger partial charge >= 0.3 is 0 Å². The summed E-state index contributed by atoms with van der Waals surface area (Å²) in [5.74, 6) is 0.379. The summed E-state index contributed by atoms with van der Waals surface area (Å²) < 4.78 is 32.2. The fourth-order valence-electron chi connectivity index (χ4n) is 3.58. The number of carbonyl (C=O) groups excluding carboxylic acids is 1. The first-order chi connectivity index (χ1) is 14.9. The zero-order valence-electron chi connectivity index (χ0n) is 17.1. The second-order valence-electron chi connectivity index (χ2n) is 7.44. The van der Waals surface area contributed by atoms with Crippen LogP contribution < -0.4 is 10.1 Å². The van der Waals surface area contributed by atoms with Crippen LogP contribution in [-0.4, -0.2) is 55.5 Å². The predicted molar refractivity (Wildman–Crippen MR) is 118 cm³/mol. The van der Waals surface area contributed by atoms with Gasteiger partial charge in [-0.05, 0) is 54.7 Å². The van der Waals surface area contributed by atoms with Crippen LogP contribution in [-0.2, 0) is 23.0 Å². The third-order valence-corrected chi connectivity index (χ3v) is 7.68. The van der Waals surface area contributed by atoms with E-state index in [1.165, 1.54) is 17.6 Å². The molecule has 0 saturated heterocycles. The number of sulfonamides is 1. The Bertz CT molecular complexity index is 1160. The molecule has 2 aliphatic rings. The molecule has 1 aromatic heterocycles. The largest absolute Gasteiger partial charge is 0.496 e. The molecule has 0 spiro atoms. The van der Waals surface area contributed by atoms with Crippen molar-refractivity contribution in [3.8, 4) is 5.75 Å². The number of benzene rings is 1. The summed E-state index contributed by atoms with van der Waals surface area (Å²) in [6.45, 7) is 3.98. The average molecular weight is 442 g/mol. The Balaban J connectivity index is 1.59. The van der Waals surface area contributed by atoms with Crippen molar-refractivity contribution in [3.05, 3.63) is 52.7 Å². The molecule has 1 N–H and O–H groups in total. The van der Waals surface area contributed by atoms with Gasteiger partial charge < -0.3 is 10.1 Å². The van der Waals surface area contributed by atoms with Crippen LogP contribution >= 0.6 is 0 Å². The van der Waals surface area contributed by atoms with E-state index in [0.29, 0.717) is 35.8 Å². The quantitative estimate of drug-likeness (QED) is 0.523. The van der Waals surface area contributed by atoms with Gasteiger partial charge in [0.25, 0.3) is 5.91 Å². The molecule has 10 heteroatoms. The minimum absolute atomic E-state index is 0.256. The molecule has 1 aromatic carbocycles. The van der Waals surface area contributed by atoms with Crippen molar-refractivity contribution in [2.75, 3.05) is 19.0 Å². The first-order valence-corrected chi connectivity index (χ1v) is 11.4. The summed E-state index contributed by atoms with van der Waals surface area (Å²) in [6, 6.07) is 8.64. The van der Waals surface area contributed by atoms with Crippen LogP contribution in [0.3, 0.4) is 0 Å². The zero-order chi connectivity index (χ0) is 22.0. The summed E-state index contributed by atoms with van der Waals surface area (Å²) in [6.07, 6.45) is 3.46. The minimum atomic E-state index is -3.27. The lowest BCUT2D eigenvalue weighted by Crippen LogP contribution is -2.38. The van der Waals surface area contributed by atoms with E-state index < -0.39 is 15.9 Å². The monoisotopic (exact) mass is 441 g/mol. The fourth-order valence-corrected chi connectivity index (χ4v) is 5.40. The summed E-state index contributed by atoms with van der Waals surface area (Å²) in [7, 11) is -1.77. The van der Waals surface area contributed by atoms with E-state index in [4.69, 9.17) is 4.74 Å². The number of rotatable bonds is 7. The Morgan fingerprint density at radius 1 is 1.32 bits per heavy atom. The molecule has 1 aliphatic heterocycles. The molecule has 1 aliphatic carbocycles. The van der Waals surface area contributed by atoms with Gasteiger partial charge in [-0.3, -0.25) is 4.79 Å². The highest BCUT2D eigenvalue weighted by atomic mass is 32.2. The first kappa shape index (κ1) is 21.1. The van der Waals surface area contributed by atoms with Crippen LogP contribution in [0.4, 0.5) is 5.82 Å². The van der Waals surface area contributed by atoms with Crippen molar-refractivity contribution in [2.24, 2.45) is 10.2 Å². The number of aromatic nitrogens is 1. The Labute approximate surface area is 180 Å². The average Bonchev–Trinajstić information content (AvgIpc) is 3.62. The highest BCUT2D eigenvalue weighted by Gasteiger charge is 2.41. The molecule has 1 fully saturated rings. The van der Waals surface area contributed by atoms with Crippen molar-refractivity contribution >= 4 is 34.7 Å². The smallest absolute Gasteiger partial charge is 0.260 e. The molecule has 9 nitrogen and oxygen atoms in total. The standard InChI is InChI=1S/C21H23N5O4S/c1-22-23-12-16-4-3-5-20(24-16)25-21(27)18-10-15-13-26(31(28,29)17-6-7-17)9-8-14(15)11-19(18)30-2/h3-5,10-12,17H,1,6-9,13H2,2H3,(H,24,25,27). The van der Waals surface area contributed by atoms with Crippen LogP contribution in [0.2, 0.25) is 0 Å². The van der Waals surface area contributed by atoms with Gasteiger partial charge in [0.05, 0.1) is 29.8 Å². The molecular weight excluding hydrogens is 418 g/mol. The van der Waals surface area contributed by atoms with Crippen molar-refractivity contribution in [1.29, 1.82) is 0 Å². The summed E-state index contributed by atoms with van der Waals surface area (Å²) in [5, 5.41) is 9.58. The molecule has 1 amide bonds. The molecule has 0 radical (unpaired) electrons. The first-order valence-electron chi connectivity index (χ1n) is 9.88. The molecule has 2 aromatic rings. The highest BCUT2D eigenvalue weighted by Crippen LogP contribution is 2.35. The second-order valence-corrected chi connectivity index (χ2v) is 9.65. The lowest BCUT2D eigenvalue weighted by Gasteiger charge is -2.29. The number of nitrogens with one attached hydrogen (secondary N) is 1. The van der Waals surface area contributed by atoms with E-state index in [-0.39, 0.29) is 11.8 Å². The van der Waals surface area contributed by atoms with E-state index in [0.717, 1.165) is 24.0 Å². The van der Waals surface area contributed by atoms with Crippen LogP contribution in [0, 0.1) is 0 Å². The number of hydrogen-bond donors (Lipinski definition) is 1. The number of pyridine rings is 1. The van der Waals surface area contributed by atoms with Gasteiger partial charge in [0.15, 0.2) is 0 Å². The van der Waals surface area contributed by atoms with E-state index in [2.05, 4.69) is 27.2 Å². The molecule has 1 saturated carbocycles. The lowest BCUT2D eigenvalue weighted by molar-refractivity contribution is 0.102. The SMILES string of the molecule is C=NN=Cc1cccc(NC(=O)c2cc3c(cc2OC)CCN(S(=O)(=O)C2CC2)C3)n1. The topological polar surface area (TPSA) is 113 Å². The number of anilines is 1. The number of nitrogens with zero attached hydrogens (tertiary/aromatic N) is 4. The Hall–Kier alpha value is -3.11. The Kier molecular flexibility index (Phi) is 5.84. The number of amides is 1. The van der Waals surface area contributed by atoms with E-state index >= 15 is 0 Å². The molecule has 31 heavy (non-hydrogen) atoms. The van der Waals surface area contributed by atoms with E-state index in [1.807, 2.05) is 6.07 Å². The third-order valence-electron chi connectivity index (χ3n) is 5.33. The van der Waals surface area contributed by atoms with Gasteiger partial charge in [0.2, 0.25) is 10.0 Å². The maximum Gasteiger partial charge on any atom is 0.260 e. The zero-order valence-corrected chi connectivity index (χ0v) is 17.9. The number of carbonyl (C=O) groups is 1. The van der Waals surface area contributed by atoms with Gasteiger partial charge in [-0.15, -0.1) is 0 Å². The second kappa shape index (κ2) is 8.56. The van der Waals surface area contributed by atoms with E-state index in [9.17, 15) is 13.2 Å². The molecule has 2 heterocycles. The van der Waals surface area contributed by atoms with Crippen molar-refractivity contribution in [2.45, 2.75) is 31.1 Å². The summed E-state index contributed by atoms with van der Waals surface area (Å²) >= 11 is 0. The van der Waals surface area contributed by atoms with Gasteiger partial charge in [-0.2, -0.15) is 14.5 Å². The number of fused-ring (bicyclic) bond motifs is 1. The Morgan fingerprint density at radius 3 is 2.84 bits per heavy atom. The molecule has 4 rings (SSSR count). The molecule has 162 valence electrons. The van der Waals surface area contributed by atoms with Crippen LogP contribution in [0.15, 0.2) is 40.5 Å². The van der Waals surface area contributed by atoms with Gasteiger partial charge in [-0.1, -0.05) is 6.07 Å². The van der Waals surface area contributed by atoms with Gasteiger partial charge in [0.1, 0.15) is 11.6 Å². The summed E-state index contributed by atoms with van der Waals surface area (Å²) in [4.78, 5) is 17.3. The fraction of sp³-hybridized carbons (Fsp3) is 0.333. The van der Waals surface area contributed by atoms with Crippen LogP contribution in [0.25, 0.3) is 0 Å². The lowest BCUT2D eigenvalue weighted by atomic mass is 9.97. The molecular formula is C21H23N5O4S. The normalized spacial score (nSPS) is 16.7. The van der Waals surface area contributed by atoms with Gasteiger partial charge in [-0.25, -0.2) is 13.4 Å². The van der Waals surface area contributed by atoms with E-state index in [1.54, 1.807) is 24.3 Å². The maximum atomic E-state index is 13.0. The Morgan fingerprint density at radius 2 is 2.13 bits per heavy atom. The van der Waals surface area contributed by atoms with Crippen molar-refractivity contribution in [3.63, 3.8) is 0 Å². The van der Waals surface area contributed by atoms with Crippen LogP contribution in [0.5, 0.6) is 5.75 Å². The predicted octanol–water partition coefficient (Wildman–Crippen LogP) is 2.23. The number of methoxy groups -OCH3 is 1. The number of hydrogen-bond acceptors (Lipinski definition) is 7. The van der Waals surface area contributed by atoms with Crippen molar-refractivity contribution < 1.29 is 17.9 Å². The van der Waals surface area contributed by atoms with Gasteiger partial charge in [0, 0.05) is 19.8 Å². The van der Waals surface area contributed by atoms with Crippen LogP contribution in [0.1, 0.15) is 40.0 Å². The molecule has 0 bridgehead atoms. The summed E-state index contributed by atoms with van der Waals surface area (Å²) in [5.41, 5.74) is 2.64. The maximum absolute atomic E-state index is 13.0. The molecule has 0 unspecified atom stereocenters. The third kappa shape index (κ3) is 4.49. The molecule has 0 atom stereocenters. The van der Waals surface area contributed by atoms with Crippen molar-refractivity contribution in [1.82, 2.24) is 9.29 Å².